The highest BCUT2D eigenvalue weighted by molar-refractivity contribution is 6.03. The van der Waals surface area contributed by atoms with Gasteiger partial charge in [-0.3, -0.25) is 4.79 Å². The molecule has 96 valence electrons. The fraction of sp³-hybridized carbons (Fsp3) is 0.500. The van der Waals surface area contributed by atoms with Gasteiger partial charge in [-0.15, -0.1) is 0 Å². The van der Waals surface area contributed by atoms with Crippen LogP contribution < -0.4 is 10.5 Å². The molecule has 2 unspecified atom stereocenters. The normalized spacial score (nSPS) is 30.0. The Kier molecular flexibility index (Phi) is 2.64. The molecule has 2 N–H and O–H groups in total. The van der Waals surface area contributed by atoms with E-state index in [2.05, 4.69) is 0 Å². The van der Waals surface area contributed by atoms with Gasteiger partial charge < -0.3 is 15.2 Å². The quantitative estimate of drug-likeness (QED) is 0.797. The van der Waals surface area contributed by atoms with E-state index in [1.54, 1.807) is 0 Å². The number of hydrogen-bond acceptors (Lipinski definition) is 4. The number of fused-ring (bicyclic) bond motifs is 1. The molecule has 0 spiro atoms. The predicted molar refractivity (Wildman–Crippen MR) is 66.9 cm³/mol. The number of rotatable bonds is 2. The molecule has 1 fully saturated rings. The summed E-state index contributed by atoms with van der Waals surface area (Å²) in [5, 5.41) is 0. The van der Waals surface area contributed by atoms with Crippen molar-refractivity contribution < 1.29 is 14.3 Å². The van der Waals surface area contributed by atoms with Crippen LogP contribution in [0.1, 0.15) is 22.8 Å². The smallest absolute Gasteiger partial charge is 0.176 e. The molecule has 0 bridgehead atoms. The summed E-state index contributed by atoms with van der Waals surface area (Å²) in [6, 6.07) is 5.49. The van der Waals surface area contributed by atoms with Crippen LogP contribution in [0, 0.1) is 5.41 Å². The summed E-state index contributed by atoms with van der Waals surface area (Å²) in [6.45, 7) is 3.36. The third-order valence-corrected chi connectivity index (χ3v) is 4.00. The second-order valence-corrected chi connectivity index (χ2v) is 5.26. The molecule has 2 heterocycles. The number of carbonyl (C=O) groups is 1. The van der Waals surface area contributed by atoms with Crippen molar-refractivity contribution >= 4 is 5.78 Å². The number of para-hydroxylation sites is 1. The van der Waals surface area contributed by atoms with Crippen LogP contribution in [0.15, 0.2) is 18.2 Å². The molecule has 0 radical (unpaired) electrons. The largest absolute Gasteiger partial charge is 0.492 e. The van der Waals surface area contributed by atoms with Crippen molar-refractivity contribution in [2.24, 2.45) is 11.1 Å². The zero-order chi connectivity index (χ0) is 12.8. The van der Waals surface area contributed by atoms with Gasteiger partial charge in [0, 0.05) is 12.5 Å². The maximum absolute atomic E-state index is 12.7. The number of hydrogen-bond donors (Lipinski definition) is 1. The molecule has 1 saturated heterocycles. The van der Waals surface area contributed by atoms with E-state index >= 15 is 0 Å². The number of nitrogens with two attached hydrogens (primary N) is 1. The van der Waals surface area contributed by atoms with Crippen LogP contribution in [0.5, 0.6) is 5.75 Å². The van der Waals surface area contributed by atoms with Gasteiger partial charge in [0.25, 0.3) is 0 Å². The Hall–Kier alpha value is -1.39. The first-order valence-corrected chi connectivity index (χ1v) is 6.26. The van der Waals surface area contributed by atoms with Gasteiger partial charge in [-0.25, -0.2) is 0 Å². The van der Waals surface area contributed by atoms with Gasteiger partial charge in [-0.1, -0.05) is 12.1 Å². The SMILES string of the molecule is CC1(C(=O)c2cccc3c2OCC3)COCC1N. The Morgan fingerprint density at radius 1 is 1.50 bits per heavy atom. The maximum Gasteiger partial charge on any atom is 0.176 e. The summed E-state index contributed by atoms with van der Waals surface area (Å²) in [5.74, 6) is 0.772. The second-order valence-electron chi connectivity index (χ2n) is 5.26. The van der Waals surface area contributed by atoms with Crippen molar-refractivity contribution in [2.75, 3.05) is 19.8 Å². The fourth-order valence-electron chi connectivity index (χ4n) is 2.62. The summed E-state index contributed by atoms with van der Waals surface area (Å²) >= 11 is 0. The summed E-state index contributed by atoms with van der Waals surface area (Å²) in [4.78, 5) is 12.7. The van der Waals surface area contributed by atoms with Gasteiger partial charge in [0.15, 0.2) is 5.78 Å². The highest BCUT2D eigenvalue weighted by Gasteiger charge is 2.45. The zero-order valence-corrected chi connectivity index (χ0v) is 10.4. The number of Topliss-reactive ketones (excluding diaryl/α,β-unsaturated/α-hetero) is 1. The number of ketones is 1. The first kappa shape index (κ1) is 11.7. The average molecular weight is 247 g/mol. The topological polar surface area (TPSA) is 61.5 Å². The number of ether oxygens (including phenoxy) is 2. The van der Waals surface area contributed by atoms with Gasteiger partial charge in [0.05, 0.1) is 30.8 Å². The van der Waals surface area contributed by atoms with E-state index in [4.69, 9.17) is 15.2 Å². The Bertz CT molecular complexity index is 500. The Morgan fingerprint density at radius 2 is 2.33 bits per heavy atom. The minimum absolute atomic E-state index is 0.0336. The third-order valence-electron chi connectivity index (χ3n) is 4.00. The lowest BCUT2D eigenvalue weighted by Gasteiger charge is -2.25. The summed E-state index contributed by atoms with van der Waals surface area (Å²) < 4.78 is 10.9. The molecular formula is C14H17NO3. The lowest BCUT2D eigenvalue weighted by Crippen LogP contribution is -2.44. The van der Waals surface area contributed by atoms with E-state index in [1.165, 1.54) is 0 Å². The van der Waals surface area contributed by atoms with Crippen molar-refractivity contribution in [3.63, 3.8) is 0 Å². The second kappa shape index (κ2) is 4.07. The van der Waals surface area contributed by atoms with Crippen molar-refractivity contribution in [3.05, 3.63) is 29.3 Å². The fourth-order valence-corrected chi connectivity index (χ4v) is 2.62. The van der Waals surface area contributed by atoms with Crippen LogP contribution in [0.25, 0.3) is 0 Å². The monoisotopic (exact) mass is 247 g/mol. The lowest BCUT2D eigenvalue weighted by atomic mass is 9.78. The highest BCUT2D eigenvalue weighted by atomic mass is 16.5. The van der Waals surface area contributed by atoms with Gasteiger partial charge >= 0.3 is 0 Å². The van der Waals surface area contributed by atoms with E-state index in [0.717, 1.165) is 17.7 Å². The molecule has 0 aromatic heterocycles. The first-order valence-electron chi connectivity index (χ1n) is 6.26. The first-order chi connectivity index (χ1) is 8.63. The lowest BCUT2D eigenvalue weighted by molar-refractivity contribution is 0.0764. The van der Waals surface area contributed by atoms with Crippen LogP contribution in [-0.4, -0.2) is 31.6 Å². The molecule has 0 saturated carbocycles. The average Bonchev–Trinajstić information content (AvgIpc) is 2.96. The summed E-state index contributed by atoms with van der Waals surface area (Å²) in [6.07, 6.45) is 0.871. The molecule has 1 aromatic carbocycles. The van der Waals surface area contributed by atoms with Crippen molar-refractivity contribution in [3.8, 4) is 5.75 Å². The summed E-state index contributed by atoms with van der Waals surface area (Å²) in [7, 11) is 0. The standard InChI is InChI=1S/C14H17NO3/c1-14(8-17-7-11(14)15)13(16)10-4-2-3-9-5-6-18-12(9)10/h2-4,11H,5-8,15H2,1H3. The molecule has 2 aliphatic heterocycles. The molecule has 0 aliphatic carbocycles. The van der Waals surface area contributed by atoms with Crippen molar-refractivity contribution in [1.82, 2.24) is 0 Å². The summed E-state index contributed by atoms with van der Waals surface area (Å²) in [5.41, 5.74) is 7.13. The third kappa shape index (κ3) is 1.56. The van der Waals surface area contributed by atoms with Crippen LogP contribution in [-0.2, 0) is 11.2 Å². The molecule has 18 heavy (non-hydrogen) atoms. The maximum atomic E-state index is 12.7. The van der Waals surface area contributed by atoms with E-state index in [-0.39, 0.29) is 11.8 Å². The molecule has 3 rings (SSSR count). The minimum atomic E-state index is -0.638. The van der Waals surface area contributed by atoms with Crippen LogP contribution in [0.4, 0.5) is 0 Å². The predicted octanol–water partition coefficient (Wildman–Crippen LogP) is 1.17. The van der Waals surface area contributed by atoms with Gasteiger partial charge in [0.1, 0.15) is 5.75 Å². The van der Waals surface area contributed by atoms with Gasteiger partial charge in [-0.05, 0) is 18.6 Å². The van der Waals surface area contributed by atoms with Gasteiger partial charge in [0.2, 0.25) is 0 Å². The molecule has 1 aromatic rings. The Balaban J connectivity index is 2.01. The molecule has 2 aliphatic rings. The molecule has 0 amide bonds. The Labute approximate surface area is 106 Å². The molecule has 4 nitrogen and oxygen atoms in total. The van der Waals surface area contributed by atoms with E-state index in [9.17, 15) is 4.79 Å². The molecule has 4 heteroatoms. The van der Waals surface area contributed by atoms with E-state index < -0.39 is 5.41 Å². The zero-order valence-electron chi connectivity index (χ0n) is 10.4. The minimum Gasteiger partial charge on any atom is -0.492 e. The molecule has 2 atom stereocenters. The highest BCUT2D eigenvalue weighted by Crippen LogP contribution is 2.37. The number of benzene rings is 1. The van der Waals surface area contributed by atoms with Crippen LogP contribution in [0.2, 0.25) is 0 Å². The van der Waals surface area contributed by atoms with Crippen molar-refractivity contribution in [2.45, 2.75) is 19.4 Å². The van der Waals surface area contributed by atoms with E-state index in [1.807, 2.05) is 25.1 Å². The molecular weight excluding hydrogens is 230 g/mol. The van der Waals surface area contributed by atoms with Crippen LogP contribution in [0.3, 0.4) is 0 Å². The number of carbonyl (C=O) groups excluding carboxylic acids is 1. The Morgan fingerprint density at radius 3 is 3.06 bits per heavy atom. The van der Waals surface area contributed by atoms with E-state index in [0.29, 0.717) is 25.4 Å². The van der Waals surface area contributed by atoms with Crippen LogP contribution >= 0.6 is 0 Å². The van der Waals surface area contributed by atoms with Crippen molar-refractivity contribution in [1.29, 1.82) is 0 Å². The van der Waals surface area contributed by atoms with Gasteiger partial charge in [-0.2, -0.15) is 0 Å².